The number of urea groups is 1. The lowest BCUT2D eigenvalue weighted by atomic mass is 9.65. The summed E-state index contributed by atoms with van der Waals surface area (Å²) in [6.45, 7) is 2.95. The van der Waals surface area contributed by atoms with Crippen molar-refractivity contribution in [1.82, 2.24) is 10.2 Å². The van der Waals surface area contributed by atoms with Crippen molar-refractivity contribution >= 4 is 35.5 Å². The predicted molar refractivity (Wildman–Crippen MR) is 198 cm³/mol. The molecule has 1 spiro atoms. The molecule has 4 aromatic rings. The smallest absolute Gasteiger partial charge is 0.329 e. The normalized spacial score (nSPS) is 24.9. The van der Waals surface area contributed by atoms with Crippen LogP contribution in [0.1, 0.15) is 54.3 Å². The van der Waals surface area contributed by atoms with E-state index in [0.717, 1.165) is 4.90 Å². The van der Waals surface area contributed by atoms with E-state index in [1.165, 1.54) is 13.2 Å². The molecule has 4 aromatic carbocycles. The molecule has 55 heavy (non-hydrogen) atoms. The second-order valence-corrected chi connectivity index (χ2v) is 14.1. The molecule has 0 radical (unpaired) electrons. The summed E-state index contributed by atoms with van der Waals surface area (Å²) in [4.78, 5) is 74.2. The van der Waals surface area contributed by atoms with E-state index in [0.29, 0.717) is 16.7 Å². The Morgan fingerprint density at radius 1 is 0.855 bits per heavy atom. The van der Waals surface area contributed by atoms with E-state index in [1.807, 2.05) is 60.7 Å². The van der Waals surface area contributed by atoms with Gasteiger partial charge < -0.3 is 29.7 Å². The molecule has 3 aliphatic heterocycles. The van der Waals surface area contributed by atoms with Crippen LogP contribution < -0.4 is 15.0 Å². The van der Waals surface area contributed by atoms with E-state index in [2.05, 4.69) is 5.32 Å². The van der Waals surface area contributed by atoms with Crippen LogP contribution in [-0.4, -0.2) is 77.4 Å². The number of cyclic esters (lactones) is 1. The summed E-state index contributed by atoms with van der Waals surface area (Å²) < 4.78 is 17.3. The van der Waals surface area contributed by atoms with Crippen LogP contribution >= 0.6 is 0 Å². The van der Waals surface area contributed by atoms with E-state index in [9.17, 15) is 29.4 Å². The first-order chi connectivity index (χ1) is 26.6. The van der Waals surface area contributed by atoms with E-state index in [1.54, 1.807) is 61.2 Å². The quantitative estimate of drug-likeness (QED) is 0.192. The SMILES string of the molecule is COC(=O)[C@@H](NC(=O)N1C(=O)[C@@]2(c3ccccc31)[C@H](C(=O)O)[C@H]1C(=O)O[C@H](c3ccccc3)[C@H](c3ccccc3)N1[C@@H]2c1ccccc1OCCO)C(C)C. The number of aliphatic hydroxyl groups is 1. The number of anilines is 1. The number of carboxylic acids is 1. The van der Waals surface area contributed by atoms with Gasteiger partial charge in [-0.1, -0.05) is 111 Å². The van der Waals surface area contributed by atoms with E-state index >= 15 is 4.79 Å². The van der Waals surface area contributed by atoms with Crippen molar-refractivity contribution < 1.29 is 48.4 Å². The third-order valence-corrected chi connectivity index (χ3v) is 10.8. The number of methoxy groups -OCH3 is 1. The number of nitrogens with zero attached hydrogens (tertiary/aromatic N) is 2. The number of hydrogen-bond donors (Lipinski definition) is 3. The highest BCUT2D eigenvalue weighted by Crippen LogP contribution is 2.66. The van der Waals surface area contributed by atoms with Crippen molar-refractivity contribution in [1.29, 1.82) is 0 Å². The molecule has 3 heterocycles. The number of rotatable bonds is 10. The first-order valence-corrected chi connectivity index (χ1v) is 18.0. The van der Waals surface area contributed by atoms with Crippen molar-refractivity contribution in [3.05, 3.63) is 131 Å². The average molecular weight is 748 g/mol. The van der Waals surface area contributed by atoms with Gasteiger partial charge in [0.2, 0.25) is 5.91 Å². The van der Waals surface area contributed by atoms with Gasteiger partial charge in [0.15, 0.2) is 0 Å². The molecule has 7 atom stereocenters. The lowest BCUT2D eigenvalue weighted by Crippen LogP contribution is -2.56. The summed E-state index contributed by atoms with van der Waals surface area (Å²) in [7, 11) is 1.19. The number of amides is 3. The molecule has 3 aliphatic rings. The number of carbonyl (C=O) groups is 5. The van der Waals surface area contributed by atoms with E-state index in [-0.39, 0.29) is 30.2 Å². The molecule has 284 valence electrons. The second-order valence-electron chi connectivity index (χ2n) is 14.1. The Labute approximate surface area is 317 Å². The summed E-state index contributed by atoms with van der Waals surface area (Å²) in [5, 5.41) is 23.8. The molecule has 2 fully saturated rings. The third kappa shape index (κ3) is 6.00. The Hall–Kier alpha value is -6.05. The van der Waals surface area contributed by atoms with Crippen LogP contribution in [0.2, 0.25) is 0 Å². The Balaban J connectivity index is 1.54. The Morgan fingerprint density at radius 3 is 2.11 bits per heavy atom. The van der Waals surface area contributed by atoms with Gasteiger partial charge in [0, 0.05) is 5.56 Å². The number of fused-ring (bicyclic) bond motifs is 3. The average Bonchev–Trinajstić information content (AvgIpc) is 3.66. The molecule has 0 aromatic heterocycles. The topological polar surface area (TPSA) is 172 Å². The first kappa shape index (κ1) is 37.3. The van der Waals surface area contributed by atoms with Gasteiger partial charge in [0.05, 0.1) is 31.5 Å². The standard InChI is InChI=1S/C42H41N3O10/c1-24(2)32(38(49)53-3)43-41(52)44-29-20-12-11-19-28(29)42(40(44)51)31(37(47)48)34-39(50)55-35(26-16-8-5-9-17-26)33(25-14-6-4-7-15-25)45(34)36(42)27-18-10-13-21-30(27)54-23-22-46/h4-21,24,31-36,46H,22-23H2,1-3H3,(H,43,52)(H,47,48)/t31-,32-,33-,34-,35+,36+,42-/m0/s1. The maximum Gasteiger partial charge on any atom is 0.329 e. The van der Waals surface area contributed by atoms with Gasteiger partial charge >= 0.3 is 23.9 Å². The summed E-state index contributed by atoms with van der Waals surface area (Å²) in [5.74, 6) is -5.97. The maximum atomic E-state index is 15.7. The number of esters is 2. The number of morpholine rings is 1. The highest BCUT2D eigenvalue weighted by Gasteiger charge is 2.76. The molecule has 2 saturated heterocycles. The monoisotopic (exact) mass is 747 g/mol. The third-order valence-electron chi connectivity index (χ3n) is 10.8. The van der Waals surface area contributed by atoms with Gasteiger partial charge in [0.25, 0.3) is 0 Å². The van der Waals surface area contributed by atoms with Crippen LogP contribution in [0.15, 0.2) is 109 Å². The molecule has 0 bridgehead atoms. The van der Waals surface area contributed by atoms with Gasteiger partial charge in [-0.2, -0.15) is 0 Å². The van der Waals surface area contributed by atoms with Crippen molar-refractivity contribution in [2.45, 2.75) is 49.5 Å². The predicted octanol–water partition coefficient (Wildman–Crippen LogP) is 4.72. The minimum atomic E-state index is -2.15. The molecule has 3 amide bonds. The fourth-order valence-electron chi connectivity index (χ4n) is 8.63. The zero-order valence-corrected chi connectivity index (χ0v) is 30.4. The molecule has 0 aliphatic carbocycles. The molecule has 0 saturated carbocycles. The first-order valence-electron chi connectivity index (χ1n) is 18.0. The Morgan fingerprint density at radius 2 is 1.47 bits per heavy atom. The summed E-state index contributed by atoms with van der Waals surface area (Å²) >= 11 is 0. The van der Waals surface area contributed by atoms with Crippen LogP contribution in [0.4, 0.5) is 10.5 Å². The number of ether oxygens (including phenoxy) is 3. The lowest BCUT2D eigenvalue weighted by Gasteiger charge is -2.46. The summed E-state index contributed by atoms with van der Waals surface area (Å²) in [6.07, 6.45) is -0.956. The number of para-hydroxylation sites is 2. The van der Waals surface area contributed by atoms with Gasteiger partial charge in [-0.3, -0.25) is 19.3 Å². The van der Waals surface area contributed by atoms with Gasteiger partial charge in [-0.25, -0.2) is 14.5 Å². The lowest BCUT2D eigenvalue weighted by molar-refractivity contribution is -0.179. The molecule has 13 nitrogen and oxygen atoms in total. The number of hydrogen-bond acceptors (Lipinski definition) is 10. The minimum absolute atomic E-state index is 0.0893. The van der Waals surface area contributed by atoms with E-state index < -0.39 is 77.4 Å². The summed E-state index contributed by atoms with van der Waals surface area (Å²) in [5.41, 5.74) is -0.201. The zero-order chi connectivity index (χ0) is 39.0. The van der Waals surface area contributed by atoms with Gasteiger partial charge in [-0.15, -0.1) is 0 Å². The number of imide groups is 1. The Bertz CT molecular complexity index is 2110. The van der Waals surface area contributed by atoms with Gasteiger partial charge in [0.1, 0.15) is 41.9 Å². The van der Waals surface area contributed by atoms with Crippen molar-refractivity contribution in [3.8, 4) is 5.75 Å². The molecule has 13 heteroatoms. The van der Waals surface area contributed by atoms with Crippen LogP contribution in [-0.2, 0) is 34.1 Å². The number of nitrogens with one attached hydrogen (secondary N) is 1. The van der Waals surface area contributed by atoms with Crippen molar-refractivity contribution in [3.63, 3.8) is 0 Å². The number of carboxylic acid groups (broad SMARTS) is 1. The number of aliphatic hydroxyl groups excluding tert-OH is 1. The molecule has 0 unspecified atom stereocenters. The highest BCUT2D eigenvalue weighted by atomic mass is 16.6. The fraction of sp³-hybridized carbons (Fsp3) is 0.310. The van der Waals surface area contributed by atoms with Crippen molar-refractivity contribution in [2.24, 2.45) is 11.8 Å². The van der Waals surface area contributed by atoms with Gasteiger partial charge in [-0.05, 0) is 34.7 Å². The van der Waals surface area contributed by atoms with Crippen LogP contribution in [0.5, 0.6) is 5.75 Å². The molecule has 7 rings (SSSR count). The summed E-state index contributed by atoms with van der Waals surface area (Å²) in [6, 6.07) is 25.6. The maximum absolute atomic E-state index is 15.7. The number of aliphatic carboxylic acids is 1. The second kappa shape index (κ2) is 15.0. The fourth-order valence-corrected chi connectivity index (χ4v) is 8.63. The minimum Gasteiger partial charge on any atom is -0.491 e. The molecular formula is C42H41N3O10. The number of carbonyl (C=O) groups excluding carboxylic acids is 4. The van der Waals surface area contributed by atoms with Crippen molar-refractivity contribution in [2.75, 3.05) is 25.2 Å². The largest absolute Gasteiger partial charge is 0.491 e. The molecule has 3 N–H and O–H groups in total. The molecular weight excluding hydrogens is 706 g/mol. The van der Waals surface area contributed by atoms with Crippen LogP contribution in [0, 0.1) is 11.8 Å². The van der Waals surface area contributed by atoms with Crippen LogP contribution in [0.25, 0.3) is 0 Å². The Kier molecular flexibility index (Phi) is 10.2. The highest BCUT2D eigenvalue weighted by molar-refractivity contribution is 6.24. The van der Waals surface area contributed by atoms with Crippen LogP contribution in [0.3, 0.4) is 0 Å². The number of benzene rings is 4. The zero-order valence-electron chi connectivity index (χ0n) is 30.4. The van der Waals surface area contributed by atoms with E-state index in [4.69, 9.17) is 14.2 Å².